The molecule has 0 aliphatic carbocycles. The van der Waals surface area contributed by atoms with Crippen molar-refractivity contribution in [2.24, 2.45) is 0 Å². The maximum absolute atomic E-state index is 13.7. The van der Waals surface area contributed by atoms with Crippen molar-refractivity contribution in [2.45, 2.75) is 11.8 Å². The predicted octanol–water partition coefficient (Wildman–Crippen LogP) is 2.65. The third kappa shape index (κ3) is 3.11. The maximum atomic E-state index is 13.7. The van der Waals surface area contributed by atoms with Crippen molar-refractivity contribution >= 4 is 15.7 Å². The molecule has 24 heavy (non-hydrogen) atoms. The summed E-state index contributed by atoms with van der Waals surface area (Å²) in [6.07, 6.45) is 4.60. The number of anilines is 1. The molecule has 0 spiro atoms. The number of rotatable bonds is 4. The van der Waals surface area contributed by atoms with Crippen LogP contribution >= 0.6 is 0 Å². The molecule has 6 nitrogen and oxygen atoms in total. The molecule has 0 aliphatic rings. The summed E-state index contributed by atoms with van der Waals surface area (Å²) in [5.41, 5.74) is 0.125. The van der Waals surface area contributed by atoms with Crippen LogP contribution < -0.4 is 4.72 Å². The van der Waals surface area contributed by atoms with Gasteiger partial charge >= 0.3 is 0 Å². The number of sulfonamides is 1. The lowest BCUT2D eigenvalue weighted by molar-refractivity contribution is 0.555. The minimum atomic E-state index is -4.27. The van der Waals surface area contributed by atoms with Crippen LogP contribution in [-0.2, 0) is 10.0 Å². The van der Waals surface area contributed by atoms with Gasteiger partial charge in [-0.15, -0.1) is 0 Å². The van der Waals surface area contributed by atoms with Crippen molar-refractivity contribution in [1.29, 1.82) is 0 Å². The number of nitrogens with zero attached hydrogens (tertiary/aromatic N) is 3. The van der Waals surface area contributed by atoms with Crippen LogP contribution in [-0.4, -0.2) is 23.0 Å². The molecule has 0 unspecified atom stereocenters. The van der Waals surface area contributed by atoms with Gasteiger partial charge in [-0.2, -0.15) is 0 Å². The Bertz CT molecular complexity index is 985. The Morgan fingerprint density at radius 1 is 1.12 bits per heavy atom. The number of aromatic nitrogens is 3. The predicted molar refractivity (Wildman–Crippen MR) is 83.3 cm³/mol. The summed E-state index contributed by atoms with van der Waals surface area (Å²) < 4.78 is 55.1. The van der Waals surface area contributed by atoms with Crippen LogP contribution in [0, 0.1) is 18.6 Å². The molecule has 0 amide bonds. The van der Waals surface area contributed by atoms with Gasteiger partial charge < -0.3 is 0 Å². The third-order valence-electron chi connectivity index (χ3n) is 3.26. The number of aryl methyl sites for hydroxylation is 1. The van der Waals surface area contributed by atoms with E-state index in [2.05, 4.69) is 14.7 Å². The fourth-order valence-corrected chi connectivity index (χ4v) is 3.24. The second-order valence-electron chi connectivity index (χ2n) is 4.93. The Morgan fingerprint density at radius 3 is 2.54 bits per heavy atom. The van der Waals surface area contributed by atoms with E-state index in [-0.39, 0.29) is 5.69 Å². The van der Waals surface area contributed by atoms with Gasteiger partial charge in [-0.25, -0.2) is 27.2 Å². The summed E-state index contributed by atoms with van der Waals surface area (Å²) in [6.45, 7) is 1.80. The number of hydrogen-bond acceptors (Lipinski definition) is 4. The first-order chi connectivity index (χ1) is 11.4. The van der Waals surface area contributed by atoms with Crippen LogP contribution in [0.3, 0.4) is 0 Å². The molecule has 0 saturated heterocycles. The van der Waals surface area contributed by atoms with Crippen molar-refractivity contribution in [2.75, 3.05) is 4.72 Å². The van der Waals surface area contributed by atoms with E-state index in [1.807, 2.05) is 0 Å². The Labute approximate surface area is 136 Å². The number of pyridine rings is 1. The van der Waals surface area contributed by atoms with E-state index in [1.165, 1.54) is 12.3 Å². The fourth-order valence-electron chi connectivity index (χ4n) is 2.10. The summed E-state index contributed by atoms with van der Waals surface area (Å²) in [7, 11) is -4.27. The molecule has 0 bridgehead atoms. The molecule has 0 atom stereocenters. The number of halogens is 2. The SMILES string of the molecule is Cc1nccn1-c1ccc(NS(=O)(=O)c2cc(F)ccc2F)cn1. The topological polar surface area (TPSA) is 76.9 Å². The normalized spacial score (nSPS) is 11.5. The lowest BCUT2D eigenvalue weighted by atomic mass is 10.3. The van der Waals surface area contributed by atoms with Gasteiger partial charge in [-0.05, 0) is 37.3 Å². The smallest absolute Gasteiger partial charge is 0.264 e. The van der Waals surface area contributed by atoms with Gasteiger partial charge in [-0.1, -0.05) is 0 Å². The van der Waals surface area contributed by atoms with E-state index in [0.29, 0.717) is 11.9 Å². The molecule has 9 heteroatoms. The molecule has 0 aliphatic heterocycles. The standard InChI is InChI=1S/C15H12F2N4O2S/c1-10-18-6-7-21(10)15-5-3-12(9-19-15)20-24(22,23)14-8-11(16)2-4-13(14)17/h2-9,20H,1H3. The molecule has 0 radical (unpaired) electrons. The number of nitrogens with one attached hydrogen (secondary N) is 1. The lowest BCUT2D eigenvalue weighted by Crippen LogP contribution is -2.15. The molecular weight excluding hydrogens is 338 g/mol. The van der Waals surface area contributed by atoms with Gasteiger partial charge in [0.05, 0.1) is 11.9 Å². The van der Waals surface area contributed by atoms with E-state index >= 15 is 0 Å². The summed E-state index contributed by atoms with van der Waals surface area (Å²) in [6, 6.07) is 5.27. The van der Waals surface area contributed by atoms with E-state index in [1.54, 1.807) is 30.0 Å². The van der Waals surface area contributed by atoms with Crippen LogP contribution in [0.5, 0.6) is 0 Å². The third-order valence-corrected chi connectivity index (χ3v) is 4.65. The van der Waals surface area contributed by atoms with Gasteiger partial charge in [0, 0.05) is 12.4 Å². The van der Waals surface area contributed by atoms with Gasteiger partial charge in [0.1, 0.15) is 28.2 Å². The number of imidazole rings is 1. The van der Waals surface area contributed by atoms with Gasteiger partial charge in [-0.3, -0.25) is 9.29 Å². The molecular formula is C15H12F2N4O2S. The highest BCUT2D eigenvalue weighted by atomic mass is 32.2. The Kier molecular flexibility index (Phi) is 4.02. The molecule has 2 heterocycles. The van der Waals surface area contributed by atoms with Crippen molar-refractivity contribution in [1.82, 2.24) is 14.5 Å². The maximum Gasteiger partial charge on any atom is 0.264 e. The Balaban J connectivity index is 1.88. The zero-order chi connectivity index (χ0) is 17.3. The van der Waals surface area contributed by atoms with Crippen molar-refractivity contribution in [3.63, 3.8) is 0 Å². The summed E-state index contributed by atoms with van der Waals surface area (Å²) >= 11 is 0. The van der Waals surface area contributed by atoms with Crippen LogP contribution in [0.2, 0.25) is 0 Å². The van der Waals surface area contributed by atoms with Gasteiger partial charge in [0.25, 0.3) is 10.0 Å². The summed E-state index contributed by atoms with van der Waals surface area (Å²) in [5, 5.41) is 0. The summed E-state index contributed by atoms with van der Waals surface area (Å²) in [4.78, 5) is 7.43. The number of hydrogen-bond donors (Lipinski definition) is 1. The average molecular weight is 350 g/mol. The molecule has 0 saturated carbocycles. The molecule has 1 N–H and O–H groups in total. The van der Waals surface area contributed by atoms with Crippen LogP contribution in [0.25, 0.3) is 5.82 Å². The first-order valence-electron chi connectivity index (χ1n) is 6.81. The Hall–Kier alpha value is -2.81. The fraction of sp³-hybridized carbons (Fsp3) is 0.0667. The minimum absolute atomic E-state index is 0.125. The quantitative estimate of drug-likeness (QED) is 0.785. The highest BCUT2D eigenvalue weighted by Crippen LogP contribution is 2.20. The zero-order valence-electron chi connectivity index (χ0n) is 12.4. The molecule has 3 aromatic rings. The van der Waals surface area contributed by atoms with E-state index in [4.69, 9.17) is 0 Å². The van der Waals surface area contributed by atoms with E-state index in [9.17, 15) is 17.2 Å². The zero-order valence-corrected chi connectivity index (χ0v) is 13.3. The van der Waals surface area contributed by atoms with Gasteiger partial charge in [0.2, 0.25) is 0 Å². The first-order valence-corrected chi connectivity index (χ1v) is 8.29. The van der Waals surface area contributed by atoms with Crippen LogP contribution in [0.15, 0.2) is 53.8 Å². The van der Waals surface area contributed by atoms with E-state index in [0.717, 1.165) is 18.0 Å². The van der Waals surface area contributed by atoms with Crippen molar-refractivity contribution in [3.8, 4) is 5.82 Å². The molecule has 124 valence electrons. The second kappa shape index (κ2) is 6.00. The number of benzene rings is 1. The lowest BCUT2D eigenvalue weighted by Gasteiger charge is -2.10. The average Bonchev–Trinajstić information content (AvgIpc) is 2.96. The minimum Gasteiger partial charge on any atom is -0.288 e. The van der Waals surface area contributed by atoms with E-state index < -0.39 is 26.6 Å². The molecule has 0 fully saturated rings. The summed E-state index contributed by atoms with van der Waals surface area (Å²) in [5.74, 6) is -0.620. The van der Waals surface area contributed by atoms with Crippen LogP contribution in [0.4, 0.5) is 14.5 Å². The molecule has 1 aromatic carbocycles. The highest BCUT2D eigenvalue weighted by molar-refractivity contribution is 7.92. The highest BCUT2D eigenvalue weighted by Gasteiger charge is 2.20. The first kappa shape index (κ1) is 16.1. The largest absolute Gasteiger partial charge is 0.288 e. The second-order valence-corrected chi connectivity index (χ2v) is 6.58. The molecule has 3 rings (SSSR count). The van der Waals surface area contributed by atoms with Crippen molar-refractivity contribution < 1.29 is 17.2 Å². The Morgan fingerprint density at radius 2 is 1.92 bits per heavy atom. The molecule has 2 aromatic heterocycles. The monoisotopic (exact) mass is 350 g/mol. The van der Waals surface area contributed by atoms with Crippen molar-refractivity contribution in [3.05, 3.63) is 66.4 Å². The van der Waals surface area contributed by atoms with Gasteiger partial charge in [0.15, 0.2) is 0 Å². The van der Waals surface area contributed by atoms with Crippen LogP contribution in [0.1, 0.15) is 5.82 Å².